The van der Waals surface area contributed by atoms with Gasteiger partial charge in [-0.2, -0.15) is 5.10 Å². The fourth-order valence-corrected chi connectivity index (χ4v) is 4.13. The first-order valence-electron chi connectivity index (χ1n) is 10.5. The summed E-state index contributed by atoms with van der Waals surface area (Å²) < 4.78 is 7.45. The van der Waals surface area contributed by atoms with Gasteiger partial charge in [-0.05, 0) is 69.1 Å². The number of carbonyl (C=O) groups excluding carboxylic acids is 1. The van der Waals surface area contributed by atoms with Gasteiger partial charge in [0.05, 0.1) is 23.7 Å². The van der Waals surface area contributed by atoms with E-state index < -0.39 is 0 Å². The largest absolute Gasteiger partial charge is 0.468 e. The maximum atomic E-state index is 13.2. The molecule has 1 atom stereocenters. The molecule has 5 rings (SSSR count). The number of nitrogens with zero attached hydrogens (tertiary/aromatic N) is 3. The number of rotatable bonds is 7. The van der Waals surface area contributed by atoms with Crippen LogP contribution in [0.15, 0.2) is 59.2 Å². The summed E-state index contributed by atoms with van der Waals surface area (Å²) in [4.78, 5) is 15.6. The Hall–Kier alpha value is -2.86. The lowest BCUT2D eigenvalue weighted by atomic mass is 10.2. The number of nitrogens with one attached hydrogen (secondary N) is 1. The first-order valence-corrected chi connectivity index (χ1v) is 10.5. The van der Waals surface area contributed by atoms with Gasteiger partial charge < -0.3 is 9.73 Å². The molecule has 0 unspecified atom stereocenters. The van der Waals surface area contributed by atoms with E-state index in [9.17, 15) is 4.79 Å². The van der Waals surface area contributed by atoms with Gasteiger partial charge in [-0.15, -0.1) is 0 Å². The molecule has 1 aromatic carbocycles. The van der Waals surface area contributed by atoms with E-state index in [4.69, 9.17) is 9.52 Å². The Bertz CT molecular complexity index is 954. The van der Waals surface area contributed by atoms with Gasteiger partial charge in [0.2, 0.25) is 0 Å². The Labute approximate surface area is 170 Å². The number of para-hydroxylation sites is 1. The van der Waals surface area contributed by atoms with Gasteiger partial charge in [-0.25, -0.2) is 4.68 Å². The molecule has 1 amide bonds. The van der Waals surface area contributed by atoms with E-state index in [1.54, 1.807) is 10.9 Å². The van der Waals surface area contributed by atoms with E-state index >= 15 is 0 Å². The second-order valence-electron chi connectivity index (χ2n) is 7.96. The predicted molar refractivity (Wildman–Crippen MR) is 110 cm³/mol. The molecule has 1 saturated heterocycles. The number of furan rings is 1. The molecule has 3 heterocycles. The predicted octanol–water partition coefficient (Wildman–Crippen LogP) is 3.91. The van der Waals surface area contributed by atoms with Crippen LogP contribution in [0.4, 0.5) is 0 Å². The van der Waals surface area contributed by atoms with Crippen LogP contribution < -0.4 is 5.32 Å². The van der Waals surface area contributed by atoms with Crippen LogP contribution in [0.1, 0.15) is 59.6 Å². The van der Waals surface area contributed by atoms with E-state index in [0.29, 0.717) is 18.2 Å². The highest BCUT2D eigenvalue weighted by molar-refractivity contribution is 5.93. The lowest BCUT2D eigenvalue weighted by Gasteiger charge is -2.26. The Morgan fingerprint density at radius 1 is 1.14 bits per heavy atom. The summed E-state index contributed by atoms with van der Waals surface area (Å²) in [7, 11) is 0. The lowest BCUT2D eigenvalue weighted by molar-refractivity contribution is 0.0926. The molecule has 6 heteroatoms. The average molecular weight is 390 g/mol. The number of carbonyl (C=O) groups is 1. The van der Waals surface area contributed by atoms with Crippen molar-refractivity contribution < 1.29 is 9.21 Å². The Kier molecular flexibility index (Phi) is 4.94. The maximum Gasteiger partial charge on any atom is 0.270 e. The zero-order chi connectivity index (χ0) is 19.6. The molecule has 150 valence electrons. The van der Waals surface area contributed by atoms with Gasteiger partial charge >= 0.3 is 0 Å². The second-order valence-corrected chi connectivity index (χ2v) is 7.96. The van der Waals surface area contributed by atoms with Crippen molar-refractivity contribution in [2.45, 2.75) is 37.6 Å². The molecule has 0 spiro atoms. The molecule has 6 nitrogen and oxygen atoms in total. The number of aromatic nitrogens is 2. The summed E-state index contributed by atoms with van der Waals surface area (Å²) in [5, 5.41) is 7.89. The van der Waals surface area contributed by atoms with Crippen LogP contribution >= 0.6 is 0 Å². The minimum absolute atomic E-state index is 0.0625. The van der Waals surface area contributed by atoms with Crippen LogP contribution in [0.25, 0.3) is 5.69 Å². The quantitative estimate of drug-likeness (QED) is 0.664. The van der Waals surface area contributed by atoms with Crippen LogP contribution in [-0.4, -0.2) is 40.2 Å². The van der Waals surface area contributed by atoms with E-state index in [0.717, 1.165) is 43.1 Å². The Morgan fingerprint density at radius 2 is 1.93 bits per heavy atom. The molecule has 3 aromatic rings. The monoisotopic (exact) mass is 390 g/mol. The summed E-state index contributed by atoms with van der Waals surface area (Å²) in [6, 6.07) is 15.8. The van der Waals surface area contributed by atoms with Gasteiger partial charge in [0.1, 0.15) is 11.5 Å². The molecule has 2 aromatic heterocycles. The van der Waals surface area contributed by atoms with Crippen LogP contribution in [0.5, 0.6) is 0 Å². The molecule has 2 fully saturated rings. The normalized spacial score (nSPS) is 18.1. The molecule has 0 radical (unpaired) electrons. The second kappa shape index (κ2) is 7.87. The molecule has 2 aliphatic rings. The SMILES string of the molecule is O=C(NC[C@H](c1ccco1)N1CCCC1)c1cc(C2CC2)nn1-c1ccccc1. The van der Waals surface area contributed by atoms with Crippen LogP contribution in [0, 0.1) is 0 Å². The van der Waals surface area contributed by atoms with Crippen molar-refractivity contribution in [1.82, 2.24) is 20.0 Å². The number of hydrogen-bond donors (Lipinski definition) is 1. The van der Waals surface area contributed by atoms with E-state index in [2.05, 4.69) is 10.2 Å². The van der Waals surface area contributed by atoms with E-state index in [-0.39, 0.29) is 11.9 Å². The van der Waals surface area contributed by atoms with Crippen LogP contribution in [0.3, 0.4) is 0 Å². The fraction of sp³-hybridized carbons (Fsp3) is 0.391. The molecule has 29 heavy (non-hydrogen) atoms. The smallest absolute Gasteiger partial charge is 0.270 e. The van der Waals surface area contributed by atoms with Crippen LogP contribution in [-0.2, 0) is 0 Å². The summed E-state index contributed by atoms with van der Waals surface area (Å²) in [6.07, 6.45) is 6.39. The maximum absolute atomic E-state index is 13.2. The molecule has 1 aliphatic carbocycles. The third kappa shape index (κ3) is 3.85. The van der Waals surface area contributed by atoms with Crippen molar-refractivity contribution >= 4 is 5.91 Å². The highest BCUT2D eigenvalue weighted by Gasteiger charge is 2.30. The third-order valence-electron chi connectivity index (χ3n) is 5.87. The fourth-order valence-electron chi connectivity index (χ4n) is 4.13. The van der Waals surface area contributed by atoms with Crippen molar-refractivity contribution in [2.75, 3.05) is 19.6 Å². The molecular weight excluding hydrogens is 364 g/mol. The number of benzene rings is 1. The summed E-state index contributed by atoms with van der Waals surface area (Å²) in [5.74, 6) is 1.30. The van der Waals surface area contributed by atoms with Crippen molar-refractivity contribution in [3.63, 3.8) is 0 Å². The molecular formula is C23H26N4O2. The zero-order valence-electron chi connectivity index (χ0n) is 16.5. The summed E-state index contributed by atoms with van der Waals surface area (Å²) in [5.41, 5.74) is 2.52. The number of hydrogen-bond acceptors (Lipinski definition) is 4. The Balaban J connectivity index is 1.37. The first-order chi connectivity index (χ1) is 14.3. The minimum atomic E-state index is -0.0935. The van der Waals surface area contributed by atoms with E-state index in [1.165, 1.54) is 12.8 Å². The summed E-state index contributed by atoms with van der Waals surface area (Å²) in [6.45, 7) is 2.59. The molecule has 1 N–H and O–H groups in total. The first kappa shape index (κ1) is 18.2. The van der Waals surface area contributed by atoms with Gasteiger partial charge in [-0.3, -0.25) is 9.69 Å². The van der Waals surface area contributed by atoms with Crippen molar-refractivity contribution in [3.05, 3.63) is 71.9 Å². The highest BCUT2D eigenvalue weighted by atomic mass is 16.3. The number of amides is 1. The topological polar surface area (TPSA) is 63.3 Å². The Morgan fingerprint density at radius 3 is 2.62 bits per heavy atom. The van der Waals surface area contributed by atoms with Gasteiger partial charge in [0.25, 0.3) is 5.91 Å². The molecule has 1 saturated carbocycles. The number of likely N-dealkylation sites (tertiary alicyclic amines) is 1. The molecule has 0 bridgehead atoms. The van der Waals surface area contributed by atoms with Crippen molar-refractivity contribution in [2.24, 2.45) is 0 Å². The average Bonchev–Trinajstić information content (AvgIpc) is 3.19. The van der Waals surface area contributed by atoms with Crippen molar-refractivity contribution in [1.29, 1.82) is 0 Å². The lowest BCUT2D eigenvalue weighted by Crippen LogP contribution is -2.37. The highest BCUT2D eigenvalue weighted by Crippen LogP contribution is 2.39. The van der Waals surface area contributed by atoms with E-state index in [1.807, 2.05) is 48.5 Å². The minimum Gasteiger partial charge on any atom is -0.468 e. The van der Waals surface area contributed by atoms with Gasteiger partial charge in [-0.1, -0.05) is 18.2 Å². The van der Waals surface area contributed by atoms with Crippen LogP contribution in [0.2, 0.25) is 0 Å². The zero-order valence-corrected chi connectivity index (χ0v) is 16.5. The standard InChI is InChI=1S/C23H26N4O2/c28-23(24-16-21(22-9-6-14-29-22)26-12-4-5-13-26)20-15-19(17-10-11-17)25-27(20)18-7-2-1-3-8-18/h1-3,6-9,14-15,17,21H,4-5,10-13,16H2,(H,24,28)/t21-/m1/s1. The van der Waals surface area contributed by atoms with Gasteiger partial charge in [0, 0.05) is 12.5 Å². The summed E-state index contributed by atoms with van der Waals surface area (Å²) >= 11 is 0. The molecule has 1 aliphatic heterocycles. The van der Waals surface area contributed by atoms with Crippen molar-refractivity contribution in [3.8, 4) is 5.69 Å². The third-order valence-corrected chi connectivity index (χ3v) is 5.87. The van der Waals surface area contributed by atoms with Gasteiger partial charge in [0.15, 0.2) is 0 Å².